The number of aromatic nitrogens is 1. The Morgan fingerprint density at radius 2 is 1.89 bits per heavy atom. The molecule has 0 spiro atoms. The van der Waals surface area contributed by atoms with E-state index in [2.05, 4.69) is 29.2 Å². The highest BCUT2D eigenvalue weighted by molar-refractivity contribution is 6.04. The molecule has 1 aliphatic heterocycles. The molecule has 27 heavy (non-hydrogen) atoms. The number of rotatable bonds is 6. The molecule has 1 aromatic heterocycles. The van der Waals surface area contributed by atoms with Crippen molar-refractivity contribution in [2.75, 3.05) is 25.1 Å². The third kappa shape index (κ3) is 3.29. The molecule has 4 rings (SSSR count). The second-order valence-electron chi connectivity index (χ2n) is 7.90. The fourth-order valence-corrected chi connectivity index (χ4v) is 3.84. The zero-order chi connectivity index (χ0) is 19.0. The Bertz CT molecular complexity index is 816. The zero-order valence-corrected chi connectivity index (χ0v) is 16.2. The lowest BCUT2D eigenvalue weighted by atomic mass is 10.0. The van der Waals surface area contributed by atoms with Crippen molar-refractivity contribution in [3.63, 3.8) is 0 Å². The number of methoxy groups -OCH3 is 1. The minimum atomic E-state index is -0.0895. The van der Waals surface area contributed by atoms with Gasteiger partial charge in [-0.2, -0.15) is 0 Å². The van der Waals surface area contributed by atoms with E-state index in [1.807, 2.05) is 24.3 Å². The molecule has 2 heterocycles. The van der Waals surface area contributed by atoms with Crippen molar-refractivity contribution >= 4 is 11.7 Å². The van der Waals surface area contributed by atoms with Crippen molar-refractivity contribution in [3.8, 4) is 17.1 Å². The second kappa shape index (κ2) is 6.91. The van der Waals surface area contributed by atoms with Gasteiger partial charge in [0.15, 0.2) is 11.6 Å². The minimum Gasteiger partial charge on any atom is -0.497 e. The van der Waals surface area contributed by atoms with E-state index in [1.165, 1.54) is 0 Å². The van der Waals surface area contributed by atoms with Crippen LogP contribution in [-0.4, -0.2) is 36.8 Å². The number of anilines is 1. The van der Waals surface area contributed by atoms with Crippen molar-refractivity contribution < 1.29 is 14.1 Å². The number of ether oxygens (including phenoxy) is 1. The first-order valence-corrected chi connectivity index (χ1v) is 9.75. The summed E-state index contributed by atoms with van der Waals surface area (Å²) in [5.41, 5.74) is 1.29. The second-order valence-corrected chi connectivity index (χ2v) is 7.90. The minimum absolute atomic E-state index is 0.0878. The number of hydrogen-bond donors (Lipinski definition) is 1. The van der Waals surface area contributed by atoms with Crippen LogP contribution in [0.3, 0.4) is 0 Å². The Morgan fingerprint density at radius 1 is 1.22 bits per heavy atom. The average Bonchev–Trinajstić information content (AvgIpc) is 3.10. The average molecular weight is 369 g/mol. The largest absolute Gasteiger partial charge is 0.497 e. The van der Waals surface area contributed by atoms with Crippen molar-refractivity contribution in [2.45, 2.75) is 45.1 Å². The van der Waals surface area contributed by atoms with E-state index in [0.717, 1.165) is 50.1 Å². The molecule has 2 fully saturated rings. The molecule has 1 aliphatic carbocycles. The predicted octanol–water partition coefficient (Wildman–Crippen LogP) is 3.87. The maximum absolute atomic E-state index is 13.3. The Hall–Kier alpha value is -2.50. The predicted molar refractivity (Wildman–Crippen MR) is 104 cm³/mol. The van der Waals surface area contributed by atoms with Crippen LogP contribution in [0.4, 0.5) is 5.82 Å². The summed E-state index contributed by atoms with van der Waals surface area (Å²) in [5.74, 6) is 2.27. The molecule has 144 valence electrons. The van der Waals surface area contributed by atoms with E-state index in [4.69, 9.17) is 9.26 Å². The van der Waals surface area contributed by atoms with Crippen LogP contribution in [0.5, 0.6) is 5.75 Å². The molecule has 2 aliphatic rings. The van der Waals surface area contributed by atoms with Crippen LogP contribution in [0, 0.1) is 5.92 Å². The molecular formula is C21H27N3O3. The van der Waals surface area contributed by atoms with Gasteiger partial charge in [-0.25, -0.2) is 0 Å². The van der Waals surface area contributed by atoms with Gasteiger partial charge < -0.3 is 19.5 Å². The highest BCUT2D eigenvalue weighted by Gasteiger charge is 2.47. The van der Waals surface area contributed by atoms with Gasteiger partial charge in [0.05, 0.1) is 7.11 Å². The van der Waals surface area contributed by atoms with Crippen molar-refractivity contribution in [3.05, 3.63) is 29.8 Å². The number of amides is 1. The first-order valence-electron chi connectivity index (χ1n) is 9.75. The smallest absolute Gasteiger partial charge is 0.259 e. The first kappa shape index (κ1) is 17.9. The lowest BCUT2D eigenvalue weighted by Gasteiger charge is -2.22. The summed E-state index contributed by atoms with van der Waals surface area (Å²) in [6.45, 7) is 6.13. The van der Waals surface area contributed by atoms with Crippen LogP contribution in [0.2, 0.25) is 0 Å². The number of benzene rings is 1. The van der Waals surface area contributed by atoms with Gasteiger partial charge in [-0.3, -0.25) is 4.79 Å². The van der Waals surface area contributed by atoms with E-state index in [1.54, 1.807) is 7.11 Å². The van der Waals surface area contributed by atoms with Gasteiger partial charge >= 0.3 is 0 Å². The molecule has 6 heteroatoms. The lowest BCUT2D eigenvalue weighted by molar-refractivity contribution is 0.0919. The molecule has 0 radical (unpaired) electrons. The maximum atomic E-state index is 13.3. The van der Waals surface area contributed by atoms with Crippen LogP contribution in [0.15, 0.2) is 28.8 Å². The van der Waals surface area contributed by atoms with Crippen LogP contribution >= 0.6 is 0 Å². The fraction of sp³-hybridized carbons (Fsp3) is 0.524. The summed E-state index contributed by atoms with van der Waals surface area (Å²) >= 11 is 0. The SMILES string of the molecule is COc1ccc(-c2onc(N3CCCC3)c2C(=O)NC2(C(C)C)CC2)cc1. The van der Waals surface area contributed by atoms with Gasteiger partial charge in [-0.15, -0.1) is 0 Å². The van der Waals surface area contributed by atoms with Crippen molar-refractivity contribution in [1.82, 2.24) is 10.5 Å². The van der Waals surface area contributed by atoms with Gasteiger partial charge in [0.1, 0.15) is 11.3 Å². The number of carbonyl (C=O) groups excluding carboxylic acids is 1. The first-order chi connectivity index (χ1) is 13.0. The van der Waals surface area contributed by atoms with Gasteiger partial charge in [0, 0.05) is 24.2 Å². The highest BCUT2D eigenvalue weighted by atomic mass is 16.5. The highest BCUT2D eigenvalue weighted by Crippen LogP contribution is 2.43. The van der Waals surface area contributed by atoms with E-state index in [-0.39, 0.29) is 11.4 Å². The van der Waals surface area contributed by atoms with Crippen LogP contribution in [0.25, 0.3) is 11.3 Å². The molecule has 1 saturated carbocycles. The molecule has 0 bridgehead atoms. The number of carbonyl (C=O) groups is 1. The molecule has 2 aromatic rings. The van der Waals surface area contributed by atoms with Gasteiger partial charge in [-0.1, -0.05) is 19.0 Å². The summed E-state index contributed by atoms with van der Waals surface area (Å²) in [5, 5.41) is 7.57. The summed E-state index contributed by atoms with van der Waals surface area (Å²) in [6.07, 6.45) is 4.28. The number of hydrogen-bond acceptors (Lipinski definition) is 5. The normalized spacial score (nSPS) is 18.0. The van der Waals surface area contributed by atoms with E-state index in [9.17, 15) is 4.79 Å². The number of nitrogens with one attached hydrogen (secondary N) is 1. The van der Waals surface area contributed by atoms with E-state index < -0.39 is 0 Å². The van der Waals surface area contributed by atoms with Crippen LogP contribution in [-0.2, 0) is 0 Å². The summed E-state index contributed by atoms with van der Waals surface area (Å²) in [7, 11) is 1.63. The number of nitrogens with zero attached hydrogens (tertiary/aromatic N) is 2. The molecule has 1 aromatic carbocycles. The standard InChI is InChI=1S/C21H27N3O3/c1-14(2)21(10-11-21)22-20(25)17-18(15-6-8-16(26-3)9-7-15)27-23-19(17)24-12-4-5-13-24/h6-9,14H,4-5,10-13H2,1-3H3,(H,22,25). The van der Waals surface area contributed by atoms with Crippen molar-refractivity contribution in [2.24, 2.45) is 5.92 Å². The van der Waals surface area contributed by atoms with Gasteiger partial charge in [-0.05, 0) is 55.9 Å². The summed E-state index contributed by atoms with van der Waals surface area (Å²) < 4.78 is 10.9. The monoisotopic (exact) mass is 369 g/mol. The summed E-state index contributed by atoms with van der Waals surface area (Å²) in [4.78, 5) is 15.5. The maximum Gasteiger partial charge on any atom is 0.259 e. The molecular weight excluding hydrogens is 342 g/mol. The topological polar surface area (TPSA) is 67.6 Å². The van der Waals surface area contributed by atoms with E-state index in [0.29, 0.717) is 23.1 Å². The van der Waals surface area contributed by atoms with E-state index >= 15 is 0 Å². The Labute approximate surface area is 159 Å². The Kier molecular flexibility index (Phi) is 4.58. The third-order valence-corrected chi connectivity index (χ3v) is 5.92. The van der Waals surface area contributed by atoms with Crippen LogP contribution < -0.4 is 15.0 Å². The summed E-state index contributed by atoms with van der Waals surface area (Å²) in [6, 6.07) is 7.54. The molecule has 1 amide bonds. The molecule has 0 unspecified atom stereocenters. The van der Waals surface area contributed by atoms with Gasteiger partial charge in [0.25, 0.3) is 5.91 Å². The molecule has 6 nitrogen and oxygen atoms in total. The Morgan fingerprint density at radius 3 is 2.44 bits per heavy atom. The molecule has 1 saturated heterocycles. The lowest BCUT2D eigenvalue weighted by Crippen LogP contribution is -2.41. The molecule has 0 atom stereocenters. The van der Waals surface area contributed by atoms with Crippen molar-refractivity contribution in [1.29, 1.82) is 0 Å². The van der Waals surface area contributed by atoms with Crippen LogP contribution in [0.1, 0.15) is 49.9 Å². The fourth-order valence-electron chi connectivity index (χ4n) is 3.84. The quantitative estimate of drug-likeness (QED) is 0.837. The molecule has 1 N–H and O–H groups in total. The Balaban J connectivity index is 1.71. The van der Waals surface area contributed by atoms with Gasteiger partial charge in [0.2, 0.25) is 0 Å². The zero-order valence-electron chi connectivity index (χ0n) is 16.2. The third-order valence-electron chi connectivity index (χ3n) is 5.92.